The molecule has 1 fully saturated rings. The number of carbonyl (C=O) groups is 1. The summed E-state index contributed by atoms with van der Waals surface area (Å²) < 4.78 is 0. The monoisotopic (exact) mass is 252 g/mol. The first-order valence-electron chi connectivity index (χ1n) is 6.41. The normalized spacial score (nSPS) is 16.4. The highest BCUT2D eigenvalue weighted by Crippen LogP contribution is 2.24. The van der Waals surface area contributed by atoms with E-state index in [0.717, 1.165) is 17.2 Å². The largest absolute Gasteiger partial charge is 0.340 e. The van der Waals surface area contributed by atoms with E-state index in [9.17, 15) is 4.79 Å². The Morgan fingerprint density at radius 3 is 2.76 bits per heavy atom. The first-order chi connectivity index (χ1) is 8.20. The summed E-state index contributed by atoms with van der Waals surface area (Å²) in [5, 5.41) is 3.03. The van der Waals surface area contributed by atoms with Crippen molar-refractivity contribution in [2.45, 2.75) is 52.0 Å². The fourth-order valence-corrected chi connectivity index (χ4v) is 3.21. The lowest BCUT2D eigenvalue weighted by atomic mass is 10.2. The summed E-state index contributed by atoms with van der Waals surface area (Å²) in [6.45, 7) is 4.88. The predicted molar refractivity (Wildman–Crippen MR) is 70.2 cm³/mol. The molecule has 0 aliphatic heterocycles. The van der Waals surface area contributed by atoms with Crippen LogP contribution in [0.4, 0.5) is 0 Å². The Labute approximate surface area is 107 Å². The molecule has 17 heavy (non-hydrogen) atoms. The summed E-state index contributed by atoms with van der Waals surface area (Å²) in [5.74, 6) is 0.240. The molecule has 0 bridgehead atoms. The standard InChI is InChI=1S/C13H20N2OS/c1-3-15(12-6-4-5-7-12)13(16)8-11-9-17-10(2)14-11/h9,12H,3-8H2,1-2H3. The third kappa shape index (κ3) is 3.06. The highest BCUT2D eigenvalue weighted by Gasteiger charge is 2.25. The fourth-order valence-electron chi connectivity index (χ4n) is 2.60. The number of hydrogen-bond acceptors (Lipinski definition) is 3. The SMILES string of the molecule is CCN(C(=O)Cc1csc(C)n1)C1CCCC1. The molecule has 1 aliphatic carbocycles. The Balaban J connectivity index is 1.97. The van der Waals surface area contributed by atoms with Crippen LogP contribution in [-0.4, -0.2) is 28.4 Å². The van der Waals surface area contributed by atoms with Gasteiger partial charge in [0.25, 0.3) is 0 Å². The minimum absolute atomic E-state index is 0.240. The van der Waals surface area contributed by atoms with Gasteiger partial charge in [-0.15, -0.1) is 11.3 Å². The van der Waals surface area contributed by atoms with Gasteiger partial charge in [-0.25, -0.2) is 4.98 Å². The molecule has 1 aromatic rings. The van der Waals surface area contributed by atoms with E-state index in [1.807, 2.05) is 17.2 Å². The number of amides is 1. The van der Waals surface area contributed by atoms with Gasteiger partial charge in [-0.05, 0) is 26.7 Å². The van der Waals surface area contributed by atoms with E-state index >= 15 is 0 Å². The van der Waals surface area contributed by atoms with Crippen molar-refractivity contribution in [3.05, 3.63) is 16.1 Å². The highest BCUT2D eigenvalue weighted by molar-refractivity contribution is 7.09. The van der Waals surface area contributed by atoms with Gasteiger partial charge in [0.15, 0.2) is 0 Å². The van der Waals surface area contributed by atoms with Gasteiger partial charge in [0.05, 0.1) is 17.1 Å². The number of thiazole rings is 1. The lowest BCUT2D eigenvalue weighted by Crippen LogP contribution is -2.39. The molecule has 0 N–H and O–H groups in total. The zero-order chi connectivity index (χ0) is 12.3. The number of aryl methyl sites for hydroxylation is 1. The van der Waals surface area contributed by atoms with E-state index in [1.54, 1.807) is 11.3 Å². The van der Waals surface area contributed by atoms with Crippen LogP contribution in [0.3, 0.4) is 0 Å². The van der Waals surface area contributed by atoms with Gasteiger partial charge in [-0.2, -0.15) is 0 Å². The summed E-state index contributed by atoms with van der Waals surface area (Å²) in [7, 11) is 0. The quantitative estimate of drug-likeness (QED) is 0.825. The van der Waals surface area contributed by atoms with Crippen molar-refractivity contribution in [3.8, 4) is 0 Å². The minimum atomic E-state index is 0.240. The van der Waals surface area contributed by atoms with Crippen LogP contribution in [0.5, 0.6) is 0 Å². The van der Waals surface area contributed by atoms with E-state index in [2.05, 4.69) is 11.9 Å². The van der Waals surface area contributed by atoms with Crippen LogP contribution in [0.25, 0.3) is 0 Å². The molecule has 1 amide bonds. The molecule has 0 spiro atoms. The maximum absolute atomic E-state index is 12.2. The lowest BCUT2D eigenvalue weighted by molar-refractivity contribution is -0.132. The van der Waals surface area contributed by atoms with Crippen LogP contribution < -0.4 is 0 Å². The van der Waals surface area contributed by atoms with Crippen molar-refractivity contribution in [2.24, 2.45) is 0 Å². The maximum Gasteiger partial charge on any atom is 0.228 e. The number of likely N-dealkylation sites (N-methyl/N-ethyl adjacent to an activating group) is 1. The summed E-state index contributed by atoms with van der Waals surface area (Å²) in [4.78, 5) is 18.6. The van der Waals surface area contributed by atoms with Crippen molar-refractivity contribution >= 4 is 17.2 Å². The van der Waals surface area contributed by atoms with Crippen LogP contribution in [0, 0.1) is 6.92 Å². The second-order valence-electron chi connectivity index (χ2n) is 4.65. The molecule has 0 saturated heterocycles. The molecule has 1 heterocycles. The Bertz CT molecular complexity index is 383. The Morgan fingerprint density at radius 2 is 2.24 bits per heavy atom. The smallest absolute Gasteiger partial charge is 0.228 e. The fraction of sp³-hybridized carbons (Fsp3) is 0.692. The van der Waals surface area contributed by atoms with Gasteiger partial charge in [0.1, 0.15) is 0 Å². The molecule has 0 atom stereocenters. The molecule has 0 radical (unpaired) electrons. The van der Waals surface area contributed by atoms with Gasteiger partial charge in [0.2, 0.25) is 5.91 Å². The van der Waals surface area contributed by atoms with Crippen LogP contribution >= 0.6 is 11.3 Å². The number of hydrogen-bond donors (Lipinski definition) is 0. The zero-order valence-corrected chi connectivity index (χ0v) is 11.4. The highest BCUT2D eigenvalue weighted by atomic mass is 32.1. The van der Waals surface area contributed by atoms with Crippen LogP contribution in [0.2, 0.25) is 0 Å². The first kappa shape index (κ1) is 12.6. The van der Waals surface area contributed by atoms with Gasteiger partial charge in [-0.1, -0.05) is 12.8 Å². The average Bonchev–Trinajstić information content (AvgIpc) is 2.92. The van der Waals surface area contributed by atoms with Gasteiger partial charge < -0.3 is 4.90 Å². The molecule has 0 aromatic carbocycles. The second-order valence-corrected chi connectivity index (χ2v) is 5.71. The molecule has 3 nitrogen and oxygen atoms in total. The third-order valence-corrected chi connectivity index (χ3v) is 4.25. The molecule has 1 saturated carbocycles. The van der Waals surface area contributed by atoms with E-state index < -0.39 is 0 Å². The Morgan fingerprint density at radius 1 is 1.53 bits per heavy atom. The Kier molecular flexibility index (Phi) is 4.15. The molecular weight excluding hydrogens is 232 g/mol. The average molecular weight is 252 g/mol. The van der Waals surface area contributed by atoms with E-state index in [-0.39, 0.29) is 5.91 Å². The maximum atomic E-state index is 12.2. The van der Waals surface area contributed by atoms with Gasteiger partial charge in [0, 0.05) is 18.0 Å². The van der Waals surface area contributed by atoms with Crippen LogP contribution in [0.1, 0.15) is 43.3 Å². The van der Waals surface area contributed by atoms with Crippen molar-refractivity contribution in [2.75, 3.05) is 6.54 Å². The number of rotatable bonds is 4. The van der Waals surface area contributed by atoms with Crippen molar-refractivity contribution in [1.29, 1.82) is 0 Å². The van der Waals surface area contributed by atoms with Crippen molar-refractivity contribution in [3.63, 3.8) is 0 Å². The van der Waals surface area contributed by atoms with E-state index in [4.69, 9.17) is 0 Å². The van der Waals surface area contributed by atoms with Crippen LogP contribution in [0.15, 0.2) is 5.38 Å². The summed E-state index contributed by atoms with van der Waals surface area (Å²) >= 11 is 1.62. The van der Waals surface area contributed by atoms with Crippen molar-refractivity contribution < 1.29 is 4.79 Å². The summed E-state index contributed by atoms with van der Waals surface area (Å²) in [6.07, 6.45) is 5.36. The molecule has 1 aromatic heterocycles. The molecule has 2 rings (SSSR count). The third-order valence-electron chi connectivity index (χ3n) is 3.43. The summed E-state index contributed by atoms with van der Waals surface area (Å²) in [5.41, 5.74) is 0.925. The molecule has 1 aliphatic rings. The number of carbonyl (C=O) groups excluding carboxylic acids is 1. The molecule has 4 heteroatoms. The molecular formula is C13H20N2OS. The minimum Gasteiger partial charge on any atom is -0.340 e. The van der Waals surface area contributed by atoms with Gasteiger partial charge >= 0.3 is 0 Å². The second kappa shape index (κ2) is 5.63. The Hall–Kier alpha value is -0.900. The van der Waals surface area contributed by atoms with Crippen LogP contribution in [-0.2, 0) is 11.2 Å². The number of aromatic nitrogens is 1. The lowest BCUT2D eigenvalue weighted by Gasteiger charge is -2.27. The number of nitrogens with zero attached hydrogens (tertiary/aromatic N) is 2. The molecule has 0 unspecified atom stereocenters. The van der Waals surface area contributed by atoms with Gasteiger partial charge in [-0.3, -0.25) is 4.79 Å². The zero-order valence-electron chi connectivity index (χ0n) is 10.6. The topological polar surface area (TPSA) is 33.2 Å². The summed E-state index contributed by atoms with van der Waals surface area (Å²) in [6, 6.07) is 0.479. The predicted octanol–water partition coefficient (Wildman–Crippen LogP) is 2.79. The van der Waals surface area contributed by atoms with Crippen molar-refractivity contribution in [1.82, 2.24) is 9.88 Å². The molecule has 94 valence electrons. The first-order valence-corrected chi connectivity index (χ1v) is 7.29. The van der Waals surface area contributed by atoms with E-state index in [0.29, 0.717) is 12.5 Å². The van der Waals surface area contributed by atoms with E-state index in [1.165, 1.54) is 25.7 Å².